The van der Waals surface area contributed by atoms with E-state index in [4.69, 9.17) is 0 Å². The van der Waals surface area contributed by atoms with E-state index in [1.165, 1.54) is 28.1 Å². The second-order valence-corrected chi connectivity index (χ2v) is 9.74. The minimum atomic E-state index is -0.849. The molecule has 4 amide bonds. The zero-order chi connectivity index (χ0) is 27.5. The first-order valence-corrected chi connectivity index (χ1v) is 12.7. The van der Waals surface area contributed by atoms with Crippen LogP contribution < -0.4 is 5.32 Å². The van der Waals surface area contributed by atoms with Crippen molar-refractivity contribution < 1.29 is 23.9 Å². The molecular formula is C29H30FN5O4. The third-order valence-corrected chi connectivity index (χ3v) is 7.22. The quantitative estimate of drug-likeness (QED) is 0.489. The molecule has 39 heavy (non-hydrogen) atoms. The molecule has 202 valence electrons. The van der Waals surface area contributed by atoms with Gasteiger partial charge < -0.3 is 20.2 Å². The fourth-order valence-corrected chi connectivity index (χ4v) is 5.14. The molecule has 0 bridgehead atoms. The predicted molar refractivity (Wildman–Crippen MR) is 141 cm³/mol. The number of nitrogens with zero attached hydrogens (tertiary/aromatic N) is 4. The highest BCUT2D eigenvalue weighted by atomic mass is 19.1. The molecule has 0 spiro atoms. The Labute approximate surface area is 226 Å². The molecular weight excluding hydrogens is 501 g/mol. The molecule has 0 unspecified atom stereocenters. The Hall–Kier alpha value is -4.44. The van der Waals surface area contributed by atoms with E-state index in [1.807, 2.05) is 30.3 Å². The number of aromatic hydroxyl groups is 1. The summed E-state index contributed by atoms with van der Waals surface area (Å²) in [7, 11) is 1.59. The summed E-state index contributed by atoms with van der Waals surface area (Å²) in [6, 6.07) is 21.0. The summed E-state index contributed by atoms with van der Waals surface area (Å²) in [5.74, 6) is -0.891. The van der Waals surface area contributed by atoms with Crippen LogP contribution in [0.3, 0.4) is 0 Å². The van der Waals surface area contributed by atoms with Crippen molar-refractivity contribution in [3.8, 4) is 5.75 Å². The lowest BCUT2D eigenvalue weighted by molar-refractivity contribution is -0.157. The standard InChI is InChI=1S/C29H30FN5O4/c1-32(29(39)31-16-21-7-3-2-4-8-21)34-19-27(37)35-25(15-20-11-13-23(36)14-12-20)28(38)33(18-26(34)35)17-22-9-5-6-10-24(22)30/h2-14,25-26,36H,15-19H2,1H3,(H,31,39)/t25-,26+/m0/s1. The topological polar surface area (TPSA) is 96.4 Å². The van der Waals surface area contributed by atoms with E-state index in [-0.39, 0.29) is 49.7 Å². The number of carbonyl (C=O) groups is 3. The number of nitrogens with one attached hydrogen (secondary N) is 1. The van der Waals surface area contributed by atoms with E-state index < -0.39 is 18.0 Å². The molecule has 2 saturated heterocycles. The van der Waals surface area contributed by atoms with Gasteiger partial charge in [-0.1, -0.05) is 60.7 Å². The van der Waals surface area contributed by atoms with E-state index in [0.717, 1.165) is 11.1 Å². The maximum Gasteiger partial charge on any atom is 0.332 e. The molecule has 10 heteroatoms. The second kappa shape index (κ2) is 11.1. The van der Waals surface area contributed by atoms with E-state index in [1.54, 1.807) is 47.3 Å². The van der Waals surface area contributed by atoms with E-state index in [9.17, 15) is 23.9 Å². The van der Waals surface area contributed by atoms with Crippen molar-refractivity contribution >= 4 is 17.8 Å². The van der Waals surface area contributed by atoms with Gasteiger partial charge in [0.25, 0.3) is 0 Å². The minimum absolute atomic E-state index is 0.0356. The van der Waals surface area contributed by atoms with Crippen LogP contribution in [0.1, 0.15) is 16.7 Å². The van der Waals surface area contributed by atoms with Crippen molar-refractivity contribution in [2.45, 2.75) is 31.7 Å². The Morgan fingerprint density at radius 1 is 1.00 bits per heavy atom. The number of phenols is 1. The van der Waals surface area contributed by atoms with Crippen LogP contribution >= 0.6 is 0 Å². The van der Waals surface area contributed by atoms with Gasteiger partial charge in [-0.3, -0.25) is 14.6 Å². The molecule has 2 aliphatic rings. The molecule has 0 aliphatic carbocycles. The van der Waals surface area contributed by atoms with Gasteiger partial charge in [-0.2, -0.15) is 5.01 Å². The third kappa shape index (κ3) is 5.56. The number of halogens is 1. The van der Waals surface area contributed by atoms with Crippen molar-refractivity contribution in [2.24, 2.45) is 0 Å². The lowest BCUT2D eigenvalue weighted by Crippen LogP contribution is -2.65. The normalized spacial score (nSPS) is 19.2. The molecule has 0 saturated carbocycles. The van der Waals surface area contributed by atoms with Crippen LogP contribution in [-0.2, 0) is 29.1 Å². The van der Waals surface area contributed by atoms with Crippen LogP contribution in [-0.4, -0.2) is 75.1 Å². The molecule has 2 heterocycles. The molecule has 0 radical (unpaired) electrons. The highest BCUT2D eigenvalue weighted by molar-refractivity contribution is 5.91. The fourth-order valence-electron chi connectivity index (χ4n) is 5.14. The number of rotatable bonds is 7. The molecule has 2 N–H and O–H groups in total. The Morgan fingerprint density at radius 3 is 2.41 bits per heavy atom. The zero-order valence-corrected chi connectivity index (χ0v) is 21.5. The average Bonchev–Trinajstić information content (AvgIpc) is 3.27. The van der Waals surface area contributed by atoms with Gasteiger partial charge in [-0.25, -0.2) is 9.18 Å². The van der Waals surface area contributed by atoms with Gasteiger partial charge in [0.05, 0.1) is 13.1 Å². The van der Waals surface area contributed by atoms with Crippen molar-refractivity contribution in [3.63, 3.8) is 0 Å². The number of phenolic OH excluding ortho intramolecular Hbond substituents is 1. The van der Waals surface area contributed by atoms with Crippen molar-refractivity contribution in [2.75, 3.05) is 20.1 Å². The van der Waals surface area contributed by atoms with Crippen LogP contribution in [0, 0.1) is 5.82 Å². The molecule has 2 fully saturated rings. The Morgan fingerprint density at radius 2 is 1.69 bits per heavy atom. The summed E-state index contributed by atoms with van der Waals surface area (Å²) in [6.45, 7) is 0.392. The first-order valence-electron chi connectivity index (χ1n) is 12.7. The molecule has 2 atom stereocenters. The number of fused-ring (bicyclic) bond motifs is 1. The molecule has 3 aromatic rings. The van der Waals surface area contributed by atoms with Gasteiger partial charge in [-0.05, 0) is 29.3 Å². The molecule has 5 rings (SSSR count). The number of urea groups is 1. The maximum absolute atomic E-state index is 14.5. The van der Waals surface area contributed by atoms with Gasteiger partial charge >= 0.3 is 6.03 Å². The van der Waals surface area contributed by atoms with Gasteiger partial charge in [-0.15, -0.1) is 0 Å². The second-order valence-electron chi connectivity index (χ2n) is 9.74. The monoisotopic (exact) mass is 531 g/mol. The number of carbonyl (C=O) groups excluding carboxylic acids is 3. The number of hydrogen-bond acceptors (Lipinski definition) is 5. The van der Waals surface area contributed by atoms with Crippen LogP contribution in [0.4, 0.5) is 9.18 Å². The van der Waals surface area contributed by atoms with Gasteiger partial charge in [0, 0.05) is 32.1 Å². The smallest absolute Gasteiger partial charge is 0.332 e. The van der Waals surface area contributed by atoms with Crippen molar-refractivity contribution in [3.05, 3.63) is 101 Å². The van der Waals surface area contributed by atoms with Crippen LogP contribution in [0.2, 0.25) is 0 Å². The van der Waals surface area contributed by atoms with Crippen LogP contribution in [0.5, 0.6) is 5.75 Å². The maximum atomic E-state index is 14.5. The number of hydrogen-bond donors (Lipinski definition) is 2. The highest BCUT2D eigenvalue weighted by Crippen LogP contribution is 2.30. The fraction of sp³-hybridized carbons (Fsp3) is 0.276. The third-order valence-electron chi connectivity index (χ3n) is 7.22. The first-order chi connectivity index (χ1) is 18.8. The molecule has 9 nitrogen and oxygen atoms in total. The van der Waals surface area contributed by atoms with Crippen LogP contribution in [0.15, 0.2) is 78.9 Å². The summed E-state index contributed by atoms with van der Waals surface area (Å²) in [4.78, 5) is 43.2. The largest absolute Gasteiger partial charge is 0.508 e. The highest BCUT2D eigenvalue weighted by Gasteiger charge is 2.51. The van der Waals surface area contributed by atoms with Crippen molar-refractivity contribution in [1.82, 2.24) is 25.1 Å². The summed E-state index contributed by atoms with van der Waals surface area (Å²) in [5, 5.41) is 15.6. The Balaban J connectivity index is 1.40. The number of piperazine rings is 1. The zero-order valence-electron chi connectivity index (χ0n) is 21.5. The average molecular weight is 532 g/mol. The lowest BCUT2D eigenvalue weighted by atomic mass is 10.00. The number of amides is 4. The van der Waals surface area contributed by atoms with E-state index >= 15 is 0 Å². The molecule has 0 aromatic heterocycles. The summed E-state index contributed by atoms with van der Waals surface area (Å²) < 4.78 is 14.5. The van der Waals surface area contributed by atoms with Gasteiger partial charge in [0.15, 0.2) is 0 Å². The summed E-state index contributed by atoms with van der Waals surface area (Å²) in [6.07, 6.45) is -0.399. The van der Waals surface area contributed by atoms with Gasteiger partial charge in [0.2, 0.25) is 11.8 Å². The SMILES string of the molecule is CN(C(=O)NCc1ccccc1)N1CC(=O)N2[C@@H](Cc3ccc(O)cc3)C(=O)N(Cc3ccccc3F)C[C@@H]21. The van der Waals surface area contributed by atoms with Crippen LogP contribution in [0.25, 0.3) is 0 Å². The van der Waals surface area contributed by atoms with E-state index in [2.05, 4.69) is 5.32 Å². The lowest BCUT2D eigenvalue weighted by Gasteiger charge is -2.45. The van der Waals surface area contributed by atoms with E-state index in [0.29, 0.717) is 12.1 Å². The molecule has 2 aliphatic heterocycles. The van der Waals surface area contributed by atoms with Gasteiger partial charge in [0.1, 0.15) is 23.8 Å². The Kier molecular flexibility index (Phi) is 7.47. The minimum Gasteiger partial charge on any atom is -0.508 e. The first kappa shape index (κ1) is 26.2. The Bertz CT molecular complexity index is 1350. The summed E-state index contributed by atoms with van der Waals surface area (Å²) in [5.41, 5.74) is 2.07. The molecule has 3 aromatic carbocycles. The number of hydrazine groups is 1. The van der Waals surface area contributed by atoms with Crippen molar-refractivity contribution in [1.29, 1.82) is 0 Å². The number of benzene rings is 3. The summed E-state index contributed by atoms with van der Waals surface area (Å²) >= 11 is 0. The predicted octanol–water partition coefficient (Wildman–Crippen LogP) is 2.71.